The lowest BCUT2D eigenvalue weighted by molar-refractivity contribution is 0.340. The summed E-state index contributed by atoms with van der Waals surface area (Å²) in [5, 5.41) is 0. The highest BCUT2D eigenvalue weighted by molar-refractivity contribution is 7.91. The first-order valence-corrected chi connectivity index (χ1v) is 8.11. The van der Waals surface area contributed by atoms with Crippen molar-refractivity contribution in [2.24, 2.45) is 0 Å². The molecule has 0 fully saturated rings. The van der Waals surface area contributed by atoms with Crippen LogP contribution in [0.3, 0.4) is 0 Å². The van der Waals surface area contributed by atoms with Gasteiger partial charge in [0.1, 0.15) is 5.75 Å². The standard InChI is InChI=1S/C15H17NO3S.ClH/c1-2-19-14-3-5-15(6-4-14)20(17,18)12-9-13-7-10-16-11-8-13;/h3-8,10-11H,2,9,12H2,1H3;1H. The molecule has 4 nitrogen and oxygen atoms in total. The smallest absolute Gasteiger partial charge is 0.178 e. The molecular weight excluding hydrogens is 310 g/mol. The first-order valence-electron chi connectivity index (χ1n) is 6.46. The van der Waals surface area contributed by atoms with E-state index in [9.17, 15) is 8.42 Å². The highest BCUT2D eigenvalue weighted by Crippen LogP contribution is 2.18. The zero-order valence-electron chi connectivity index (χ0n) is 11.7. The predicted octanol–water partition coefficient (Wildman–Crippen LogP) is 2.92. The average molecular weight is 328 g/mol. The Hall–Kier alpha value is -1.59. The minimum atomic E-state index is -3.27. The molecule has 0 aliphatic heterocycles. The van der Waals surface area contributed by atoms with Crippen molar-refractivity contribution < 1.29 is 13.2 Å². The molecule has 1 heterocycles. The second-order valence-corrected chi connectivity index (χ2v) is 6.44. The molecule has 0 amide bonds. The Bertz CT molecular complexity index is 642. The molecule has 0 atom stereocenters. The number of ether oxygens (including phenoxy) is 1. The van der Waals surface area contributed by atoms with Crippen LogP contribution in [0.2, 0.25) is 0 Å². The fourth-order valence-corrected chi connectivity index (χ4v) is 3.12. The molecule has 1 aromatic heterocycles. The third kappa shape index (κ3) is 5.02. The van der Waals surface area contributed by atoms with Gasteiger partial charge in [0.2, 0.25) is 0 Å². The highest BCUT2D eigenvalue weighted by Gasteiger charge is 2.14. The first kappa shape index (κ1) is 17.5. The quantitative estimate of drug-likeness (QED) is 0.818. The normalized spacial score (nSPS) is 10.7. The van der Waals surface area contributed by atoms with E-state index in [1.165, 1.54) is 0 Å². The molecule has 0 aliphatic carbocycles. The molecule has 0 N–H and O–H groups in total. The SMILES string of the molecule is CCOc1ccc(S(=O)(=O)CCc2ccncc2)cc1.Cl. The number of aryl methyl sites for hydroxylation is 1. The monoisotopic (exact) mass is 327 g/mol. The molecule has 0 bridgehead atoms. The fourth-order valence-electron chi connectivity index (χ4n) is 1.83. The maximum atomic E-state index is 12.2. The Kier molecular flexibility index (Phi) is 6.65. The van der Waals surface area contributed by atoms with Crippen LogP contribution in [0.1, 0.15) is 12.5 Å². The second kappa shape index (κ2) is 8.00. The van der Waals surface area contributed by atoms with Crippen LogP contribution in [0.5, 0.6) is 5.75 Å². The van der Waals surface area contributed by atoms with Crippen LogP contribution in [0.15, 0.2) is 53.7 Å². The van der Waals surface area contributed by atoms with Gasteiger partial charge in [0.05, 0.1) is 17.3 Å². The molecule has 0 spiro atoms. The van der Waals surface area contributed by atoms with Crippen LogP contribution in [-0.2, 0) is 16.3 Å². The Morgan fingerprint density at radius 3 is 2.24 bits per heavy atom. The maximum Gasteiger partial charge on any atom is 0.178 e. The van der Waals surface area contributed by atoms with Gasteiger partial charge in [0.25, 0.3) is 0 Å². The van der Waals surface area contributed by atoms with Crippen molar-refractivity contribution in [2.45, 2.75) is 18.2 Å². The number of nitrogens with zero attached hydrogens (tertiary/aromatic N) is 1. The summed E-state index contributed by atoms with van der Waals surface area (Å²) in [6, 6.07) is 10.2. The van der Waals surface area contributed by atoms with Gasteiger partial charge in [-0.05, 0) is 55.3 Å². The van der Waals surface area contributed by atoms with Gasteiger partial charge in [0, 0.05) is 12.4 Å². The van der Waals surface area contributed by atoms with E-state index < -0.39 is 9.84 Å². The summed E-state index contributed by atoms with van der Waals surface area (Å²) < 4.78 is 29.7. The van der Waals surface area contributed by atoms with Crippen molar-refractivity contribution in [3.8, 4) is 5.75 Å². The van der Waals surface area contributed by atoms with Crippen LogP contribution < -0.4 is 4.74 Å². The third-order valence-corrected chi connectivity index (χ3v) is 4.63. The number of hydrogen-bond donors (Lipinski definition) is 0. The number of sulfone groups is 1. The average Bonchev–Trinajstić information content (AvgIpc) is 2.47. The van der Waals surface area contributed by atoms with E-state index in [0.29, 0.717) is 23.7 Å². The predicted molar refractivity (Wildman–Crippen MR) is 84.9 cm³/mol. The summed E-state index contributed by atoms with van der Waals surface area (Å²) in [5.74, 6) is 0.769. The molecule has 1 aromatic carbocycles. The largest absolute Gasteiger partial charge is 0.494 e. The maximum absolute atomic E-state index is 12.2. The highest BCUT2D eigenvalue weighted by atomic mass is 35.5. The topological polar surface area (TPSA) is 56.3 Å². The second-order valence-electron chi connectivity index (χ2n) is 4.33. The van der Waals surface area contributed by atoms with E-state index >= 15 is 0 Å². The van der Waals surface area contributed by atoms with E-state index in [-0.39, 0.29) is 18.2 Å². The molecule has 2 aromatic rings. The van der Waals surface area contributed by atoms with Crippen LogP contribution in [0.4, 0.5) is 0 Å². The van der Waals surface area contributed by atoms with Crippen LogP contribution in [0, 0.1) is 0 Å². The van der Waals surface area contributed by atoms with E-state index in [0.717, 1.165) is 5.56 Å². The number of hydrogen-bond acceptors (Lipinski definition) is 4. The van der Waals surface area contributed by atoms with Crippen molar-refractivity contribution in [2.75, 3.05) is 12.4 Å². The van der Waals surface area contributed by atoms with Gasteiger partial charge < -0.3 is 4.74 Å². The van der Waals surface area contributed by atoms with Gasteiger partial charge in [-0.25, -0.2) is 8.42 Å². The van der Waals surface area contributed by atoms with Crippen molar-refractivity contribution in [1.82, 2.24) is 4.98 Å². The lowest BCUT2D eigenvalue weighted by Gasteiger charge is -2.06. The van der Waals surface area contributed by atoms with Crippen LogP contribution in [-0.4, -0.2) is 25.8 Å². The molecule has 0 saturated heterocycles. The van der Waals surface area contributed by atoms with E-state index in [4.69, 9.17) is 4.74 Å². The number of benzene rings is 1. The molecule has 6 heteroatoms. The molecule has 0 saturated carbocycles. The summed E-state index contributed by atoms with van der Waals surface area (Å²) in [4.78, 5) is 4.24. The van der Waals surface area contributed by atoms with Gasteiger partial charge in [-0.3, -0.25) is 4.98 Å². The first-order chi connectivity index (χ1) is 9.62. The Balaban J connectivity index is 0.00000220. The number of aromatic nitrogens is 1. The molecule has 21 heavy (non-hydrogen) atoms. The number of rotatable bonds is 6. The summed E-state index contributed by atoms with van der Waals surface area (Å²) in [5.41, 5.74) is 0.967. The van der Waals surface area contributed by atoms with Crippen LogP contribution in [0.25, 0.3) is 0 Å². The van der Waals surface area contributed by atoms with E-state index in [1.54, 1.807) is 36.7 Å². The Labute approximate surface area is 131 Å². The van der Waals surface area contributed by atoms with Gasteiger partial charge in [-0.1, -0.05) is 0 Å². The van der Waals surface area contributed by atoms with Gasteiger partial charge in [-0.2, -0.15) is 0 Å². The summed E-state index contributed by atoms with van der Waals surface area (Å²) in [6.07, 6.45) is 3.82. The number of pyridine rings is 1. The summed E-state index contributed by atoms with van der Waals surface area (Å²) in [6.45, 7) is 2.45. The molecule has 0 unspecified atom stereocenters. The zero-order valence-corrected chi connectivity index (χ0v) is 13.4. The van der Waals surface area contributed by atoms with Crippen molar-refractivity contribution in [3.05, 3.63) is 54.4 Å². The Morgan fingerprint density at radius 1 is 1.05 bits per heavy atom. The molecule has 0 aliphatic rings. The van der Waals surface area contributed by atoms with Crippen molar-refractivity contribution in [3.63, 3.8) is 0 Å². The molecular formula is C15H18ClNO3S. The minimum absolute atomic E-state index is 0. The van der Waals surface area contributed by atoms with E-state index in [1.807, 2.05) is 19.1 Å². The van der Waals surface area contributed by atoms with Crippen LogP contribution >= 0.6 is 12.4 Å². The number of halogens is 1. The molecule has 2 rings (SSSR count). The van der Waals surface area contributed by atoms with Crippen molar-refractivity contribution >= 4 is 22.2 Å². The minimum Gasteiger partial charge on any atom is -0.494 e. The van der Waals surface area contributed by atoms with Gasteiger partial charge in [0.15, 0.2) is 9.84 Å². The lowest BCUT2D eigenvalue weighted by Crippen LogP contribution is -2.09. The van der Waals surface area contributed by atoms with E-state index in [2.05, 4.69) is 4.98 Å². The van der Waals surface area contributed by atoms with Gasteiger partial charge in [-0.15, -0.1) is 12.4 Å². The third-order valence-electron chi connectivity index (χ3n) is 2.90. The van der Waals surface area contributed by atoms with Gasteiger partial charge >= 0.3 is 0 Å². The zero-order chi connectivity index (χ0) is 14.4. The summed E-state index contributed by atoms with van der Waals surface area (Å²) >= 11 is 0. The van der Waals surface area contributed by atoms with Crippen molar-refractivity contribution in [1.29, 1.82) is 0 Å². The summed E-state index contributed by atoms with van der Waals surface area (Å²) in [7, 11) is -3.27. The molecule has 114 valence electrons. The molecule has 0 radical (unpaired) electrons. The fraction of sp³-hybridized carbons (Fsp3) is 0.267. The Morgan fingerprint density at radius 2 is 1.67 bits per heavy atom. The lowest BCUT2D eigenvalue weighted by atomic mass is 10.2.